The van der Waals surface area contributed by atoms with Crippen molar-refractivity contribution in [3.63, 3.8) is 0 Å². The first kappa shape index (κ1) is 16.4. The molecule has 5 nitrogen and oxygen atoms in total. The van der Waals surface area contributed by atoms with Crippen molar-refractivity contribution < 1.29 is 13.9 Å². The van der Waals surface area contributed by atoms with Gasteiger partial charge in [0.1, 0.15) is 11.6 Å². The Balaban J connectivity index is 1.67. The molecule has 126 valence electrons. The molecule has 2 heterocycles. The second-order valence-corrected chi connectivity index (χ2v) is 5.85. The number of ether oxygens (including phenoxy) is 1. The highest BCUT2D eigenvalue weighted by Crippen LogP contribution is 2.28. The minimum absolute atomic E-state index is 0.197. The number of nitrogens with zero attached hydrogens (tertiary/aromatic N) is 3. The summed E-state index contributed by atoms with van der Waals surface area (Å²) >= 11 is 0. The minimum atomic E-state index is -0.357. The summed E-state index contributed by atoms with van der Waals surface area (Å²) in [5.74, 6) is 0.844. The van der Waals surface area contributed by atoms with Crippen LogP contribution < -0.4 is 4.74 Å². The lowest BCUT2D eigenvalue weighted by atomic mass is 9.93. The van der Waals surface area contributed by atoms with Crippen LogP contribution in [-0.2, 0) is 4.79 Å². The van der Waals surface area contributed by atoms with E-state index in [4.69, 9.17) is 4.74 Å². The maximum absolute atomic E-state index is 13.2. The van der Waals surface area contributed by atoms with Gasteiger partial charge in [0.25, 0.3) is 0 Å². The van der Waals surface area contributed by atoms with Gasteiger partial charge in [-0.15, -0.1) is 0 Å². The van der Waals surface area contributed by atoms with Crippen molar-refractivity contribution in [3.8, 4) is 11.6 Å². The van der Waals surface area contributed by atoms with E-state index in [9.17, 15) is 9.18 Å². The van der Waals surface area contributed by atoms with Crippen LogP contribution in [0.25, 0.3) is 0 Å². The number of likely N-dealkylation sites (tertiary alicyclic amines) is 1. The van der Waals surface area contributed by atoms with E-state index in [-0.39, 0.29) is 17.6 Å². The topological polar surface area (TPSA) is 55.3 Å². The van der Waals surface area contributed by atoms with Crippen LogP contribution in [0.5, 0.6) is 11.6 Å². The molecule has 1 amide bonds. The van der Waals surface area contributed by atoms with E-state index in [1.165, 1.54) is 18.3 Å². The van der Waals surface area contributed by atoms with Gasteiger partial charge in [-0.2, -0.15) is 0 Å². The minimum Gasteiger partial charge on any atom is -0.437 e. The largest absolute Gasteiger partial charge is 0.437 e. The Hall–Kier alpha value is -2.50. The van der Waals surface area contributed by atoms with Crippen molar-refractivity contribution in [3.05, 3.63) is 48.2 Å². The van der Waals surface area contributed by atoms with Crippen LogP contribution in [0.3, 0.4) is 0 Å². The Morgan fingerprint density at radius 1 is 1.33 bits per heavy atom. The highest BCUT2D eigenvalue weighted by Gasteiger charge is 2.24. The fraction of sp³-hybridized carbons (Fsp3) is 0.389. The van der Waals surface area contributed by atoms with Crippen LogP contribution in [0.4, 0.5) is 4.39 Å². The number of aromatic nitrogens is 2. The number of rotatable bonds is 4. The van der Waals surface area contributed by atoms with Crippen molar-refractivity contribution in [1.82, 2.24) is 14.9 Å². The summed E-state index contributed by atoms with van der Waals surface area (Å²) in [7, 11) is 0. The average Bonchev–Trinajstić information content (AvgIpc) is 2.61. The lowest BCUT2D eigenvalue weighted by Crippen LogP contribution is -2.37. The summed E-state index contributed by atoms with van der Waals surface area (Å²) in [6, 6.07) is 5.93. The van der Waals surface area contributed by atoms with Crippen molar-refractivity contribution in [2.24, 2.45) is 0 Å². The van der Waals surface area contributed by atoms with Crippen LogP contribution in [0, 0.1) is 5.82 Å². The highest BCUT2D eigenvalue weighted by molar-refractivity contribution is 5.75. The lowest BCUT2D eigenvalue weighted by Gasteiger charge is -2.31. The SMILES string of the molecule is CCC(=O)N1CCC(c2cncc(Oc3cccc(F)c3)n2)CC1. The Kier molecular flexibility index (Phi) is 5.03. The molecule has 0 aliphatic carbocycles. The number of piperidine rings is 1. The molecular weight excluding hydrogens is 309 g/mol. The second-order valence-electron chi connectivity index (χ2n) is 5.85. The first-order valence-electron chi connectivity index (χ1n) is 8.19. The van der Waals surface area contributed by atoms with Crippen LogP contribution in [0.15, 0.2) is 36.7 Å². The molecule has 1 aromatic carbocycles. The second kappa shape index (κ2) is 7.38. The number of benzene rings is 1. The molecule has 1 aliphatic rings. The molecule has 2 aromatic rings. The van der Waals surface area contributed by atoms with E-state index < -0.39 is 0 Å². The molecule has 24 heavy (non-hydrogen) atoms. The van der Waals surface area contributed by atoms with Gasteiger partial charge in [0.15, 0.2) is 0 Å². The van der Waals surface area contributed by atoms with Crippen molar-refractivity contribution in [2.75, 3.05) is 13.1 Å². The van der Waals surface area contributed by atoms with Crippen LogP contribution in [0.2, 0.25) is 0 Å². The number of amides is 1. The molecule has 1 aliphatic heterocycles. The molecule has 0 bridgehead atoms. The van der Waals surface area contributed by atoms with E-state index in [2.05, 4.69) is 9.97 Å². The molecule has 1 aromatic heterocycles. The normalized spacial score (nSPS) is 15.3. The van der Waals surface area contributed by atoms with Gasteiger partial charge in [0.2, 0.25) is 11.8 Å². The predicted octanol–water partition coefficient (Wildman–Crippen LogP) is 3.52. The zero-order valence-electron chi connectivity index (χ0n) is 13.6. The van der Waals surface area contributed by atoms with Crippen LogP contribution in [0.1, 0.15) is 37.8 Å². The number of hydrogen-bond donors (Lipinski definition) is 0. The maximum atomic E-state index is 13.2. The van der Waals surface area contributed by atoms with Gasteiger partial charge in [-0.1, -0.05) is 13.0 Å². The maximum Gasteiger partial charge on any atom is 0.238 e. The fourth-order valence-corrected chi connectivity index (χ4v) is 2.91. The van der Waals surface area contributed by atoms with Crippen molar-refractivity contribution in [2.45, 2.75) is 32.1 Å². The molecule has 6 heteroatoms. The van der Waals surface area contributed by atoms with E-state index in [1.54, 1.807) is 18.3 Å². The van der Waals surface area contributed by atoms with Gasteiger partial charge in [-0.25, -0.2) is 9.37 Å². The van der Waals surface area contributed by atoms with Gasteiger partial charge in [-0.05, 0) is 25.0 Å². The molecule has 0 spiro atoms. The summed E-state index contributed by atoms with van der Waals surface area (Å²) in [5.41, 5.74) is 0.854. The van der Waals surface area contributed by atoms with Crippen LogP contribution >= 0.6 is 0 Å². The number of hydrogen-bond acceptors (Lipinski definition) is 4. The summed E-state index contributed by atoms with van der Waals surface area (Å²) in [6.45, 7) is 3.37. The summed E-state index contributed by atoms with van der Waals surface area (Å²) < 4.78 is 18.8. The average molecular weight is 329 g/mol. The van der Waals surface area contributed by atoms with E-state index in [0.717, 1.165) is 31.6 Å². The molecule has 3 rings (SSSR count). The molecule has 1 fully saturated rings. The molecule has 0 atom stereocenters. The summed E-state index contributed by atoms with van der Waals surface area (Å²) in [5, 5.41) is 0. The summed E-state index contributed by atoms with van der Waals surface area (Å²) in [6.07, 6.45) is 5.53. The quantitative estimate of drug-likeness (QED) is 0.861. The van der Waals surface area contributed by atoms with Gasteiger partial charge in [0.05, 0.1) is 11.9 Å². The monoisotopic (exact) mass is 329 g/mol. The smallest absolute Gasteiger partial charge is 0.238 e. The Bertz CT molecular complexity index is 715. The standard InChI is InChI=1S/C18H20FN3O2/c1-2-18(23)22-8-6-13(7-9-22)16-11-20-12-17(21-16)24-15-5-3-4-14(19)10-15/h3-5,10-13H,2,6-9H2,1H3. The Morgan fingerprint density at radius 2 is 2.12 bits per heavy atom. The zero-order chi connectivity index (χ0) is 16.9. The lowest BCUT2D eigenvalue weighted by molar-refractivity contribution is -0.131. The van der Waals surface area contributed by atoms with Gasteiger partial charge in [-0.3, -0.25) is 9.78 Å². The number of carbonyl (C=O) groups is 1. The van der Waals surface area contributed by atoms with Crippen molar-refractivity contribution >= 4 is 5.91 Å². The van der Waals surface area contributed by atoms with Crippen LogP contribution in [-0.4, -0.2) is 33.9 Å². The summed E-state index contributed by atoms with van der Waals surface area (Å²) in [4.78, 5) is 22.3. The fourth-order valence-electron chi connectivity index (χ4n) is 2.91. The van der Waals surface area contributed by atoms with Crippen molar-refractivity contribution in [1.29, 1.82) is 0 Å². The van der Waals surface area contributed by atoms with Gasteiger partial charge < -0.3 is 9.64 Å². The van der Waals surface area contributed by atoms with E-state index >= 15 is 0 Å². The number of halogens is 1. The third-order valence-electron chi connectivity index (χ3n) is 4.22. The number of carbonyl (C=O) groups excluding carboxylic acids is 1. The van der Waals surface area contributed by atoms with E-state index in [1.807, 2.05) is 11.8 Å². The Morgan fingerprint density at radius 3 is 2.83 bits per heavy atom. The van der Waals surface area contributed by atoms with Gasteiger partial charge in [0, 0.05) is 37.7 Å². The first-order chi connectivity index (χ1) is 11.7. The molecule has 0 radical (unpaired) electrons. The van der Waals surface area contributed by atoms with Gasteiger partial charge >= 0.3 is 0 Å². The molecule has 1 saturated heterocycles. The molecular formula is C18H20FN3O2. The third-order valence-corrected chi connectivity index (χ3v) is 4.22. The third kappa shape index (κ3) is 3.88. The Labute approximate surface area is 140 Å². The predicted molar refractivity (Wildman–Crippen MR) is 87.4 cm³/mol. The molecule has 0 N–H and O–H groups in total. The molecule has 0 saturated carbocycles. The first-order valence-corrected chi connectivity index (χ1v) is 8.19. The highest BCUT2D eigenvalue weighted by atomic mass is 19.1. The van der Waals surface area contributed by atoms with E-state index in [0.29, 0.717) is 18.1 Å². The molecule has 0 unspecified atom stereocenters. The zero-order valence-corrected chi connectivity index (χ0v) is 13.6.